The van der Waals surface area contributed by atoms with Crippen molar-refractivity contribution in [1.29, 1.82) is 0 Å². The molecule has 1 amide bonds. The Morgan fingerprint density at radius 3 is 2.60 bits per heavy atom. The van der Waals surface area contributed by atoms with Gasteiger partial charge in [-0.2, -0.15) is 0 Å². The van der Waals surface area contributed by atoms with Crippen LogP contribution in [0.4, 0.5) is 5.69 Å². The van der Waals surface area contributed by atoms with Gasteiger partial charge < -0.3 is 11.1 Å². The maximum atomic E-state index is 12.2. The Morgan fingerprint density at radius 1 is 1.15 bits per heavy atom. The highest BCUT2D eigenvalue weighted by Crippen LogP contribution is 2.41. The average molecular weight is 287 g/mol. The molecule has 102 valence electrons. The van der Waals surface area contributed by atoms with Gasteiger partial charge in [0.25, 0.3) is 5.91 Å². The highest BCUT2D eigenvalue weighted by molar-refractivity contribution is 6.34. The molecule has 0 bridgehead atoms. The second kappa shape index (κ2) is 5.17. The Labute approximate surface area is 122 Å². The Hall–Kier alpha value is -2.00. The van der Waals surface area contributed by atoms with Gasteiger partial charge in [-0.3, -0.25) is 4.79 Å². The Morgan fingerprint density at radius 2 is 1.90 bits per heavy atom. The number of carbonyl (C=O) groups excluding carboxylic acids is 1. The average Bonchev–Trinajstić information content (AvgIpc) is 3.19. The van der Waals surface area contributed by atoms with Crippen molar-refractivity contribution in [2.45, 2.75) is 18.4 Å². The molecule has 1 aliphatic rings. The van der Waals surface area contributed by atoms with Crippen LogP contribution in [0.2, 0.25) is 5.02 Å². The Bertz CT molecular complexity index is 622. The third-order valence-corrected chi connectivity index (χ3v) is 3.92. The fourth-order valence-electron chi connectivity index (χ4n) is 2.44. The molecule has 0 radical (unpaired) electrons. The quantitative estimate of drug-likeness (QED) is 0.851. The van der Waals surface area contributed by atoms with Gasteiger partial charge in [0.05, 0.1) is 10.6 Å². The molecular formula is C16H15ClN2O. The van der Waals surface area contributed by atoms with Crippen LogP contribution in [0.5, 0.6) is 0 Å². The minimum absolute atomic E-state index is 0.167. The molecule has 0 spiro atoms. The van der Waals surface area contributed by atoms with Crippen molar-refractivity contribution in [2.75, 3.05) is 5.73 Å². The van der Waals surface area contributed by atoms with Gasteiger partial charge >= 0.3 is 0 Å². The van der Waals surface area contributed by atoms with Crippen LogP contribution >= 0.6 is 11.6 Å². The highest BCUT2D eigenvalue weighted by Gasteiger charge is 2.39. The number of nitrogen functional groups attached to an aromatic ring is 1. The van der Waals surface area contributed by atoms with Gasteiger partial charge in [0.2, 0.25) is 0 Å². The fraction of sp³-hybridized carbons (Fsp3) is 0.188. The minimum atomic E-state index is -0.198. The van der Waals surface area contributed by atoms with Crippen molar-refractivity contribution in [1.82, 2.24) is 5.32 Å². The van der Waals surface area contributed by atoms with E-state index in [0.717, 1.165) is 6.42 Å². The lowest BCUT2D eigenvalue weighted by Crippen LogP contribution is -2.27. The van der Waals surface area contributed by atoms with Crippen LogP contribution < -0.4 is 11.1 Å². The van der Waals surface area contributed by atoms with E-state index in [0.29, 0.717) is 22.2 Å². The van der Waals surface area contributed by atoms with Gasteiger partial charge in [0, 0.05) is 17.6 Å². The van der Waals surface area contributed by atoms with Gasteiger partial charge in [-0.25, -0.2) is 0 Å². The van der Waals surface area contributed by atoms with E-state index in [-0.39, 0.29) is 11.9 Å². The molecular weight excluding hydrogens is 272 g/mol. The summed E-state index contributed by atoms with van der Waals surface area (Å²) in [4.78, 5) is 12.2. The van der Waals surface area contributed by atoms with Crippen molar-refractivity contribution in [2.24, 2.45) is 0 Å². The van der Waals surface area contributed by atoms with E-state index in [2.05, 4.69) is 17.4 Å². The smallest absolute Gasteiger partial charge is 0.255 e. The fourth-order valence-corrected chi connectivity index (χ4v) is 2.71. The van der Waals surface area contributed by atoms with E-state index in [1.54, 1.807) is 18.2 Å². The number of nitrogens with one attached hydrogen (secondary N) is 1. The maximum Gasteiger partial charge on any atom is 0.255 e. The highest BCUT2D eigenvalue weighted by atomic mass is 35.5. The standard InChI is InChI=1S/C16H15ClN2O/c17-12-7-4-8-13(18)15(12)16(20)19-14-9-11(14)10-5-2-1-3-6-10/h1-8,11,14H,9,18H2,(H,19,20). The molecule has 0 aromatic heterocycles. The predicted molar refractivity (Wildman–Crippen MR) is 80.9 cm³/mol. The predicted octanol–water partition coefficient (Wildman–Crippen LogP) is 3.21. The molecule has 1 fully saturated rings. The summed E-state index contributed by atoms with van der Waals surface area (Å²) in [5, 5.41) is 3.39. The summed E-state index contributed by atoms with van der Waals surface area (Å²) >= 11 is 6.04. The molecule has 2 aromatic rings. The molecule has 1 saturated carbocycles. The van der Waals surface area contributed by atoms with Crippen LogP contribution in [0.1, 0.15) is 28.3 Å². The maximum absolute atomic E-state index is 12.2. The summed E-state index contributed by atoms with van der Waals surface area (Å²) in [6.07, 6.45) is 0.958. The molecule has 3 nitrogen and oxygen atoms in total. The van der Waals surface area contributed by atoms with Gasteiger partial charge in [-0.1, -0.05) is 48.0 Å². The van der Waals surface area contributed by atoms with E-state index < -0.39 is 0 Å². The number of halogens is 1. The molecule has 0 saturated heterocycles. The number of benzene rings is 2. The van der Waals surface area contributed by atoms with Crippen LogP contribution in [0.3, 0.4) is 0 Å². The number of anilines is 1. The molecule has 2 aromatic carbocycles. The van der Waals surface area contributed by atoms with Crippen LogP contribution in [-0.4, -0.2) is 11.9 Å². The van der Waals surface area contributed by atoms with Gasteiger partial charge in [-0.15, -0.1) is 0 Å². The first kappa shape index (κ1) is 13.0. The first-order chi connectivity index (χ1) is 9.66. The summed E-state index contributed by atoms with van der Waals surface area (Å²) in [6.45, 7) is 0. The SMILES string of the molecule is Nc1cccc(Cl)c1C(=O)NC1CC1c1ccccc1. The van der Waals surface area contributed by atoms with Crippen molar-refractivity contribution < 1.29 is 4.79 Å². The molecule has 2 atom stereocenters. The second-order valence-electron chi connectivity index (χ2n) is 5.04. The van der Waals surface area contributed by atoms with Gasteiger partial charge in [0.15, 0.2) is 0 Å². The monoisotopic (exact) mass is 286 g/mol. The van der Waals surface area contributed by atoms with Gasteiger partial charge in [0.1, 0.15) is 0 Å². The zero-order valence-corrected chi connectivity index (χ0v) is 11.6. The summed E-state index contributed by atoms with van der Waals surface area (Å²) in [5.74, 6) is 0.195. The minimum Gasteiger partial charge on any atom is -0.398 e. The number of nitrogens with two attached hydrogens (primary N) is 1. The Balaban J connectivity index is 1.70. The summed E-state index contributed by atoms with van der Waals surface area (Å²) in [5.41, 5.74) is 7.85. The van der Waals surface area contributed by atoms with E-state index in [1.165, 1.54) is 5.56 Å². The van der Waals surface area contributed by atoms with E-state index in [1.807, 2.05) is 18.2 Å². The van der Waals surface area contributed by atoms with Crippen LogP contribution in [0.15, 0.2) is 48.5 Å². The van der Waals surface area contributed by atoms with Crippen LogP contribution in [-0.2, 0) is 0 Å². The lowest BCUT2D eigenvalue weighted by atomic mass is 10.1. The van der Waals surface area contributed by atoms with Crippen molar-refractivity contribution in [3.8, 4) is 0 Å². The number of rotatable bonds is 3. The first-order valence-corrected chi connectivity index (χ1v) is 6.94. The normalized spacial score (nSPS) is 20.4. The zero-order valence-electron chi connectivity index (χ0n) is 10.8. The largest absolute Gasteiger partial charge is 0.398 e. The molecule has 20 heavy (non-hydrogen) atoms. The Kier molecular flexibility index (Phi) is 3.36. The molecule has 3 rings (SSSR count). The van der Waals surface area contributed by atoms with E-state index in [4.69, 9.17) is 17.3 Å². The van der Waals surface area contributed by atoms with E-state index >= 15 is 0 Å². The summed E-state index contributed by atoms with van der Waals surface area (Å²) < 4.78 is 0. The van der Waals surface area contributed by atoms with Crippen LogP contribution in [0.25, 0.3) is 0 Å². The number of hydrogen-bond acceptors (Lipinski definition) is 2. The number of amides is 1. The van der Waals surface area contributed by atoms with E-state index in [9.17, 15) is 4.79 Å². The molecule has 0 aliphatic heterocycles. The van der Waals surface area contributed by atoms with Crippen molar-refractivity contribution >= 4 is 23.2 Å². The topological polar surface area (TPSA) is 55.1 Å². The first-order valence-electron chi connectivity index (χ1n) is 6.56. The molecule has 0 heterocycles. The van der Waals surface area contributed by atoms with Crippen molar-refractivity contribution in [3.63, 3.8) is 0 Å². The number of carbonyl (C=O) groups is 1. The molecule has 2 unspecified atom stereocenters. The third-order valence-electron chi connectivity index (χ3n) is 3.61. The summed E-state index contributed by atoms with van der Waals surface area (Å²) in [7, 11) is 0. The van der Waals surface area contributed by atoms with Gasteiger partial charge in [-0.05, 0) is 24.1 Å². The van der Waals surface area contributed by atoms with Crippen LogP contribution in [0, 0.1) is 0 Å². The lowest BCUT2D eigenvalue weighted by Gasteiger charge is -2.09. The lowest BCUT2D eigenvalue weighted by molar-refractivity contribution is 0.0951. The van der Waals surface area contributed by atoms with Crippen molar-refractivity contribution in [3.05, 3.63) is 64.7 Å². The third kappa shape index (κ3) is 2.49. The summed E-state index contributed by atoms with van der Waals surface area (Å²) in [6, 6.07) is 15.4. The molecule has 3 N–H and O–H groups in total. The second-order valence-corrected chi connectivity index (χ2v) is 5.44. The molecule has 4 heteroatoms. The zero-order chi connectivity index (χ0) is 14.1. The number of hydrogen-bond donors (Lipinski definition) is 2. The molecule has 1 aliphatic carbocycles.